The van der Waals surface area contributed by atoms with Crippen LogP contribution in [-0.4, -0.2) is 27.2 Å². The minimum absolute atomic E-state index is 0.00583. The highest BCUT2D eigenvalue weighted by Crippen LogP contribution is 2.54. The van der Waals surface area contributed by atoms with Crippen LogP contribution < -0.4 is 0 Å². The van der Waals surface area contributed by atoms with Crippen molar-refractivity contribution < 1.29 is 15.0 Å². The molecule has 0 amide bonds. The highest BCUT2D eigenvalue weighted by Gasteiger charge is 2.68. The topological polar surface area (TPSA) is 57.5 Å². The zero-order valence-electron chi connectivity index (χ0n) is 10.4. The summed E-state index contributed by atoms with van der Waals surface area (Å²) in [6.45, 7) is 5.61. The van der Waals surface area contributed by atoms with E-state index in [1.54, 1.807) is 0 Å². The van der Waals surface area contributed by atoms with Crippen LogP contribution in [-0.2, 0) is 4.79 Å². The number of hydrogen-bond acceptors (Lipinski definition) is 3. The van der Waals surface area contributed by atoms with Gasteiger partial charge in [0.15, 0.2) is 11.4 Å². The van der Waals surface area contributed by atoms with Crippen molar-refractivity contribution in [1.29, 1.82) is 0 Å². The maximum Gasteiger partial charge on any atom is 0.173 e. The number of hydrogen-bond donors (Lipinski definition) is 2. The normalized spacial score (nSPS) is 47.6. The fourth-order valence-corrected chi connectivity index (χ4v) is 3.55. The maximum absolute atomic E-state index is 12.0. The van der Waals surface area contributed by atoms with E-state index in [1.165, 1.54) is 0 Å². The van der Waals surface area contributed by atoms with Crippen LogP contribution in [0.2, 0.25) is 0 Å². The highest BCUT2D eigenvalue weighted by atomic mass is 16.4. The second kappa shape index (κ2) is 3.30. The van der Waals surface area contributed by atoms with Gasteiger partial charge < -0.3 is 10.2 Å². The molecule has 0 aliphatic heterocycles. The van der Waals surface area contributed by atoms with Crippen LogP contribution in [0.5, 0.6) is 0 Å². The molecule has 0 aromatic rings. The molecule has 2 N–H and O–H groups in total. The van der Waals surface area contributed by atoms with Gasteiger partial charge in [-0.2, -0.15) is 0 Å². The van der Waals surface area contributed by atoms with E-state index in [1.807, 2.05) is 20.8 Å². The maximum atomic E-state index is 12.0. The van der Waals surface area contributed by atoms with Gasteiger partial charge in [0, 0.05) is 5.41 Å². The quantitative estimate of drug-likeness (QED) is 0.715. The van der Waals surface area contributed by atoms with Crippen LogP contribution in [0.15, 0.2) is 0 Å². The van der Waals surface area contributed by atoms with E-state index in [0.29, 0.717) is 12.8 Å². The number of Topliss-reactive ketones (excluding diaryl/α,β-unsaturated/α-hetero) is 1. The summed E-state index contributed by atoms with van der Waals surface area (Å²) in [7, 11) is 0. The number of carbonyl (C=O) groups is 1. The molecule has 0 spiro atoms. The van der Waals surface area contributed by atoms with Gasteiger partial charge in [-0.15, -0.1) is 0 Å². The van der Waals surface area contributed by atoms with Crippen LogP contribution in [0.1, 0.15) is 52.9 Å². The minimum Gasteiger partial charge on any atom is -0.386 e. The van der Waals surface area contributed by atoms with E-state index in [0.717, 1.165) is 19.3 Å². The Labute approximate surface area is 96.9 Å². The van der Waals surface area contributed by atoms with Crippen LogP contribution in [0, 0.1) is 11.3 Å². The Morgan fingerprint density at radius 1 is 1.25 bits per heavy atom. The van der Waals surface area contributed by atoms with Crippen molar-refractivity contribution >= 4 is 5.78 Å². The molecule has 2 rings (SSSR count). The Kier molecular flexibility index (Phi) is 2.48. The number of ketones is 1. The summed E-state index contributed by atoms with van der Waals surface area (Å²) in [5.41, 5.74) is -3.16. The molecule has 0 saturated heterocycles. The molecule has 0 aromatic heterocycles. The van der Waals surface area contributed by atoms with Crippen molar-refractivity contribution in [3.8, 4) is 0 Å². The molecule has 2 aliphatic rings. The lowest BCUT2D eigenvalue weighted by molar-refractivity contribution is -0.237. The van der Waals surface area contributed by atoms with E-state index in [2.05, 4.69) is 0 Å². The zero-order chi connectivity index (χ0) is 12.2. The van der Waals surface area contributed by atoms with Crippen LogP contribution in [0.3, 0.4) is 0 Å². The van der Waals surface area contributed by atoms with Crippen molar-refractivity contribution in [3.05, 3.63) is 0 Å². The van der Waals surface area contributed by atoms with Gasteiger partial charge in [0.05, 0.1) is 0 Å². The Morgan fingerprint density at radius 2 is 1.88 bits per heavy atom. The van der Waals surface area contributed by atoms with Crippen molar-refractivity contribution in [2.24, 2.45) is 11.3 Å². The number of rotatable bonds is 1. The van der Waals surface area contributed by atoms with E-state index in [-0.39, 0.29) is 11.7 Å². The SMILES string of the molecule is C[C@@H]1CCCC[C@]1(O)C1(O)CC(C)(C)C1=O. The van der Waals surface area contributed by atoms with Gasteiger partial charge in [-0.25, -0.2) is 0 Å². The van der Waals surface area contributed by atoms with Gasteiger partial charge in [-0.1, -0.05) is 33.6 Å². The molecule has 92 valence electrons. The molecular weight excluding hydrogens is 204 g/mol. The van der Waals surface area contributed by atoms with Gasteiger partial charge in [-0.3, -0.25) is 4.79 Å². The second-order valence-electron chi connectivity index (χ2n) is 6.32. The predicted octanol–water partition coefficient (Wildman–Crippen LogP) is 1.66. The monoisotopic (exact) mass is 226 g/mol. The molecule has 2 fully saturated rings. The summed E-state index contributed by atoms with van der Waals surface area (Å²) in [6.07, 6.45) is 3.81. The summed E-state index contributed by atoms with van der Waals surface area (Å²) in [5.74, 6) is -0.178. The fourth-order valence-electron chi connectivity index (χ4n) is 3.55. The third-order valence-corrected chi connectivity index (χ3v) is 4.66. The molecule has 2 saturated carbocycles. The van der Waals surface area contributed by atoms with Gasteiger partial charge in [0.2, 0.25) is 0 Å². The van der Waals surface area contributed by atoms with Crippen molar-refractivity contribution in [2.75, 3.05) is 0 Å². The molecule has 1 unspecified atom stereocenters. The van der Waals surface area contributed by atoms with Crippen molar-refractivity contribution in [2.45, 2.75) is 64.1 Å². The average Bonchev–Trinajstić information content (AvgIpc) is 2.21. The minimum atomic E-state index is -1.49. The van der Waals surface area contributed by atoms with Gasteiger partial charge in [0.25, 0.3) is 0 Å². The van der Waals surface area contributed by atoms with E-state index < -0.39 is 16.6 Å². The fraction of sp³-hybridized carbons (Fsp3) is 0.923. The Morgan fingerprint density at radius 3 is 2.31 bits per heavy atom. The first-order chi connectivity index (χ1) is 7.24. The number of aliphatic hydroxyl groups is 2. The molecule has 3 nitrogen and oxygen atoms in total. The molecule has 3 heteroatoms. The molecule has 16 heavy (non-hydrogen) atoms. The highest BCUT2D eigenvalue weighted by molar-refractivity contribution is 5.99. The largest absolute Gasteiger partial charge is 0.386 e. The summed E-state index contributed by atoms with van der Waals surface area (Å²) >= 11 is 0. The molecule has 0 aromatic carbocycles. The molecule has 0 bridgehead atoms. The predicted molar refractivity (Wildman–Crippen MR) is 60.9 cm³/mol. The molecular formula is C13H22O3. The van der Waals surface area contributed by atoms with E-state index >= 15 is 0 Å². The molecule has 0 heterocycles. The second-order valence-corrected chi connectivity index (χ2v) is 6.32. The van der Waals surface area contributed by atoms with Crippen LogP contribution in [0.4, 0.5) is 0 Å². The average molecular weight is 226 g/mol. The van der Waals surface area contributed by atoms with E-state index in [9.17, 15) is 15.0 Å². The van der Waals surface area contributed by atoms with Gasteiger partial charge >= 0.3 is 0 Å². The van der Waals surface area contributed by atoms with Gasteiger partial charge in [0.1, 0.15) is 5.60 Å². The Balaban J connectivity index is 2.27. The van der Waals surface area contributed by atoms with Crippen molar-refractivity contribution in [1.82, 2.24) is 0 Å². The third-order valence-electron chi connectivity index (χ3n) is 4.66. The summed E-state index contributed by atoms with van der Waals surface area (Å²) < 4.78 is 0. The molecule has 3 atom stereocenters. The summed E-state index contributed by atoms with van der Waals surface area (Å²) in [5, 5.41) is 21.1. The lowest BCUT2D eigenvalue weighted by Gasteiger charge is -2.58. The lowest BCUT2D eigenvalue weighted by atomic mass is 9.50. The smallest absolute Gasteiger partial charge is 0.173 e. The zero-order valence-corrected chi connectivity index (χ0v) is 10.4. The first-order valence-corrected chi connectivity index (χ1v) is 6.24. The number of carbonyl (C=O) groups excluding carboxylic acids is 1. The molecule has 0 radical (unpaired) electrons. The Bertz CT molecular complexity index is 323. The summed E-state index contributed by atoms with van der Waals surface area (Å²) in [4.78, 5) is 12.0. The summed E-state index contributed by atoms with van der Waals surface area (Å²) in [6, 6.07) is 0. The first kappa shape index (κ1) is 12.1. The first-order valence-electron chi connectivity index (χ1n) is 6.24. The standard InChI is InChI=1S/C13H22O3/c1-9-6-4-5-7-12(9,15)13(16)8-11(2,3)10(13)14/h9,15-16H,4-8H2,1-3H3/t9-,12-,13?/m1/s1. The third kappa shape index (κ3) is 1.31. The molecule has 2 aliphatic carbocycles. The van der Waals surface area contributed by atoms with Gasteiger partial charge in [-0.05, 0) is 25.2 Å². The van der Waals surface area contributed by atoms with Crippen LogP contribution >= 0.6 is 0 Å². The van der Waals surface area contributed by atoms with Crippen LogP contribution in [0.25, 0.3) is 0 Å². The Hall–Kier alpha value is -0.410. The van der Waals surface area contributed by atoms with E-state index in [4.69, 9.17) is 0 Å². The lowest BCUT2D eigenvalue weighted by Crippen LogP contribution is -2.73. The van der Waals surface area contributed by atoms with Crippen molar-refractivity contribution in [3.63, 3.8) is 0 Å².